The summed E-state index contributed by atoms with van der Waals surface area (Å²) in [6.07, 6.45) is 3.16. The van der Waals surface area contributed by atoms with Gasteiger partial charge in [0.15, 0.2) is 0 Å². The molecule has 0 unspecified atom stereocenters. The molecule has 0 aliphatic carbocycles. The van der Waals surface area contributed by atoms with E-state index in [9.17, 15) is 9.59 Å². The number of nitrogens with one attached hydrogen (secondary N) is 1. The van der Waals surface area contributed by atoms with Crippen molar-refractivity contribution in [3.8, 4) is 0 Å². The van der Waals surface area contributed by atoms with E-state index in [0.29, 0.717) is 12.1 Å². The standard InChI is InChI=1S/C16H14N2O3/c1-18-9-11(6-7-15(18)19)16(20)17-8-12-10-21-14-5-3-2-4-13(12)14/h2-7,9-10H,8H2,1H3,(H,17,20). The predicted octanol–water partition coefficient (Wildman–Crippen LogP) is 2.06. The van der Waals surface area contributed by atoms with E-state index < -0.39 is 0 Å². The lowest BCUT2D eigenvalue weighted by Gasteiger charge is -2.05. The van der Waals surface area contributed by atoms with Crippen LogP contribution in [0.4, 0.5) is 0 Å². The van der Waals surface area contributed by atoms with E-state index in [1.54, 1.807) is 13.3 Å². The van der Waals surface area contributed by atoms with Gasteiger partial charge in [-0.15, -0.1) is 0 Å². The molecule has 0 radical (unpaired) electrons. The molecule has 5 heteroatoms. The van der Waals surface area contributed by atoms with Crippen molar-refractivity contribution in [3.63, 3.8) is 0 Å². The summed E-state index contributed by atoms with van der Waals surface area (Å²) in [5.74, 6) is -0.226. The van der Waals surface area contributed by atoms with Gasteiger partial charge in [-0.3, -0.25) is 9.59 Å². The Morgan fingerprint density at radius 3 is 2.86 bits per heavy atom. The summed E-state index contributed by atoms with van der Waals surface area (Å²) in [7, 11) is 1.61. The van der Waals surface area contributed by atoms with Gasteiger partial charge in [-0.1, -0.05) is 18.2 Å². The number of furan rings is 1. The lowest BCUT2D eigenvalue weighted by molar-refractivity contribution is 0.0950. The first kappa shape index (κ1) is 13.2. The Hall–Kier alpha value is -2.82. The number of aromatic nitrogens is 1. The highest BCUT2D eigenvalue weighted by Gasteiger charge is 2.09. The highest BCUT2D eigenvalue weighted by molar-refractivity contribution is 5.94. The Morgan fingerprint density at radius 2 is 2.05 bits per heavy atom. The molecule has 0 saturated carbocycles. The summed E-state index contributed by atoms with van der Waals surface area (Å²) < 4.78 is 6.80. The highest BCUT2D eigenvalue weighted by Crippen LogP contribution is 2.20. The van der Waals surface area contributed by atoms with E-state index in [-0.39, 0.29) is 11.5 Å². The summed E-state index contributed by atoms with van der Waals surface area (Å²) in [5, 5.41) is 3.81. The molecule has 1 aromatic carbocycles. The number of carbonyl (C=O) groups excluding carboxylic acids is 1. The van der Waals surface area contributed by atoms with Gasteiger partial charge in [0.1, 0.15) is 5.58 Å². The van der Waals surface area contributed by atoms with Crippen molar-refractivity contribution in [1.82, 2.24) is 9.88 Å². The summed E-state index contributed by atoms with van der Waals surface area (Å²) in [6.45, 7) is 0.374. The Bertz CT molecular complexity index is 861. The molecule has 0 aliphatic heterocycles. The van der Waals surface area contributed by atoms with Crippen molar-refractivity contribution in [1.29, 1.82) is 0 Å². The average Bonchev–Trinajstić information content (AvgIpc) is 2.91. The van der Waals surface area contributed by atoms with Crippen LogP contribution in [0.25, 0.3) is 11.0 Å². The van der Waals surface area contributed by atoms with Crippen LogP contribution < -0.4 is 10.9 Å². The Morgan fingerprint density at radius 1 is 1.24 bits per heavy atom. The van der Waals surface area contributed by atoms with Gasteiger partial charge in [-0.05, 0) is 12.1 Å². The number of aryl methyl sites for hydroxylation is 1. The first-order valence-corrected chi connectivity index (χ1v) is 6.55. The Kier molecular flexibility index (Phi) is 3.31. The minimum Gasteiger partial charge on any atom is -0.464 e. The number of nitrogens with zero attached hydrogens (tertiary/aromatic N) is 1. The van der Waals surface area contributed by atoms with Crippen molar-refractivity contribution in [3.05, 3.63) is 70.3 Å². The molecule has 106 valence electrons. The molecule has 5 nitrogen and oxygen atoms in total. The summed E-state index contributed by atoms with van der Waals surface area (Å²) >= 11 is 0. The number of para-hydroxylation sites is 1. The number of carbonyl (C=O) groups is 1. The van der Waals surface area contributed by atoms with Gasteiger partial charge in [-0.2, -0.15) is 0 Å². The number of fused-ring (bicyclic) bond motifs is 1. The zero-order chi connectivity index (χ0) is 14.8. The fourth-order valence-corrected chi connectivity index (χ4v) is 2.18. The SMILES string of the molecule is Cn1cc(C(=O)NCc2coc3ccccc23)ccc1=O. The molecule has 0 atom stereocenters. The molecule has 0 saturated heterocycles. The van der Waals surface area contributed by atoms with Gasteiger partial charge in [0, 0.05) is 36.8 Å². The van der Waals surface area contributed by atoms with E-state index in [1.165, 1.54) is 22.9 Å². The molecule has 1 N–H and O–H groups in total. The molecule has 21 heavy (non-hydrogen) atoms. The number of pyridine rings is 1. The van der Waals surface area contributed by atoms with E-state index >= 15 is 0 Å². The third-order valence-corrected chi connectivity index (χ3v) is 3.35. The minimum absolute atomic E-state index is 0.146. The molecule has 1 amide bonds. The second-order valence-electron chi connectivity index (χ2n) is 4.81. The highest BCUT2D eigenvalue weighted by atomic mass is 16.3. The van der Waals surface area contributed by atoms with E-state index in [0.717, 1.165) is 16.5 Å². The Labute approximate surface area is 120 Å². The topological polar surface area (TPSA) is 64.2 Å². The first-order valence-electron chi connectivity index (χ1n) is 6.55. The van der Waals surface area contributed by atoms with Crippen molar-refractivity contribution < 1.29 is 9.21 Å². The molecule has 0 fully saturated rings. The zero-order valence-electron chi connectivity index (χ0n) is 11.5. The molecule has 3 rings (SSSR count). The molecular formula is C16H14N2O3. The van der Waals surface area contributed by atoms with Crippen LogP contribution in [-0.4, -0.2) is 10.5 Å². The molecule has 3 aromatic rings. The maximum absolute atomic E-state index is 12.1. The van der Waals surface area contributed by atoms with Crippen molar-refractivity contribution in [2.75, 3.05) is 0 Å². The monoisotopic (exact) mass is 282 g/mol. The number of rotatable bonds is 3. The van der Waals surface area contributed by atoms with Crippen molar-refractivity contribution in [2.24, 2.45) is 7.05 Å². The number of benzene rings is 1. The molecule has 2 heterocycles. The van der Waals surface area contributed by atoms with Crippen LogP contribution >= 0.6 is 0 Å². The third kappa shape index (κ3) is 2.58. The number of hydrogen-bond donors (Lipinski definition) is 1. The van der Waals surface area contributed by atoms with Crippen molar-refractivity contribution in [2.45, 2.75) is 6.54 Å². The second-order valence-corrected chi connectivity index (χ2v) is 4.81. The zero-order valence-corrected chi connectivity index (χ0v) is 11.5. The molecular weight excluding hydrogens is 268 g/mol. The van der Waals surface area contributed by atoms with Crippen LogP contribution in [0.3, 0.4) is 0 Å². The lowest BCUT2D eigenvalue weighted by Crippen LogP contribution is -2.25. The maximum Gasteiger partial charge on any atom is 0.253 e. The molecule has 0 bridgehead atoms. The van der Waals surface area contributed by atoms with Crippen LogP contribution in [-0.2, 0) is 13.6 Å². The van der Waals surface area contributed by atoms with Crippen LogP contribution in [0, 0.1) is 0 Å². The number of amides is 1. The predicted molar refractivity (Wildman–Crippen MR) is 79.1 cm³/mol. The number of hydrogen-bond acceptors (Lipinski definition) is 3. The quantitative estimate of drug-likeness (QED) is 0.799. The second kappa shape index (κ2) is 5.28. The van der Waals surface area contributed by atoms with E-state index in [2.05, 4.69) is 5.32 Å². The van der Waals surface area contributed by atoms with Gasteiger partial charge in [0.25, 0.3) is 5.91 Å². The largest absolute Gasteiger partial charge is 0.464 e. The van der Waals surface area contributed by atoms with Gasteiger partial charge in [0.2, 0.25) is 5.56 Å². The van der Waals surface area contributed by atoms with Gasteiger partial charge in [-0.25, -0.2) is 0 Å². The van der Waals surface area contributed by atoms with Gasteiger partial charge in [0.05, 0.1) is 11.8 Å². The average molecular weight is 282 g/mol. The van der Waals surface area contributed by atoms with Crippen molar-refractivity contribution >= 4 is 16.9 Å². The van der Waals surface area contributed by atoms with Crippen LogP contribution in [0.2, 0.25) is 0 Å². The lowest BCUT2D eigenvalue weighted by atomic mass is 10.1. The summed E-state index contributed by atoms with van der Waals surface area (Å²) in [5.41, 5.74) is 2.02. The fourth-order valence-electron chi connectivity index (χ4n) is 2.18. The van der Waals surface area contributed by atoms with Crippen LogP contribution in [0.15, 0.2) is 58.1 Å². The van der Waals surface area contributed by atoms with E-state index in [4.69, 9.17) is 4.42 Å². The van der Waals surface area contributed by atoms with Crippen LogP contribution in [0.1, 0.15) is 15.9 Å². The molecule has 0 spiro atoms. The third-order valence-electron chi connectivity index (χ3n) is 3.35. The summed E-state index contributed by atoms with van der Waals surface area (Å²) in [4.78, 5) is 23.4. The normalized spacial score (nSPS) is 10.7. The molecule has 2 aromatic heterocycles. The molecule has 0 aliphatic rings. The van der Waals surface area contributed by atoms with Crippen LogP contribution in [0.5, 0.6) is 0 Å². The maximum atomic E-state index is 12.1. The Balaban J connectivity index is 1.76. The smallest absolute Gasteiger partial charge is 0.253 e. The summed E-state index contributed by atoms with van der Waals surface area (Å²) in [6, 6.07) is 10.6. The van der Waals surface area contributed by atoms with Gasteiger partial charge >= 0.3 is 0 Å². The minimum atomic E-state index is -0.226. The fraction of sp³-hybridized carbons (Fsp3) is 0.125. The van der Waals surface area contributed by atoms with Gasteiger partial charge < -0.3 is 14.3 Å². The first-order chi connectivity index (χ1) is 10.1. The van der Waals surface area contributed by atoms with E-state index in [1.807, 2.05) is 24.3 Å².